The van der Waals surface area contributed by atoms with Gasteiger partial charge in [-0.2, -0.15) is 0 Å². The number of nitrogens with one attached hydrogen (secondary N) is 1. The number of hydrogen-bond acceptors (Lipinski definition) is 5. The number of hydrogen-bond donors (Lipinski definition) is 2. The van der Waals surface area contributed by atoms with E-state index in [4.69, 9.17) is 5.73 Å². The monoisotopic (exact) mass is 271 g/mol. The Morgan fingerprint density at radius 1 is 1.44 bits per heavy atom. The van der Waals surface area contributed by atoms with E-state index < -0.39 is 15.8 Å². The van der Waals surface area contributed by atoms with Crippen molar-refractivity contribution in [2.75, 3.05) is 10.5 Å². The van der Waals surface area contributed by atoms with Gasteiger partial charge in [0.1, 0.15) is 12.1 Å². The molecule has 6 nitrogen and oxygen atoms in total. The summed E-state index contributed by atoms with van der Waals surface area (Å²) in [5.41, 5.74) is 5.37. The number of anilines is 2. The molecule has 0 unspecified atom stereocenters. The van der Waals surface area contributed by atoms with Gasteiger partial charge in [0, 0.05) is 6.07 Å². The predicted molar refractivity (Wildman–Crippen MR) is 62.9 cm³/mol. The molecular formula is C10H10FN3O3S. The van der Waals surface area contributed by atoms with Crippen molar-refractivity contribution in [1.29, 1.82) is 0 Å². The molecule has 18 heavy (non-hydrogen) atoms. The molecule has 96 valence electrons. The number of nitrogen functional groups attached to an aromatic ring is 1. The highest BCUT2D eigenvalue weighted by atomic mass is 32.2. The van der Waals surface area contributed by atoms with Crippen LogP contribution in [0.2, 0.25) is 0 Å². The molecule has 0 atom stereocenters. The van der Waals surface area contributed by atoms with Crippen LogP contribution in [0, 0.1) is 12.7 Å². The molecule has 1 aromatic carbocycles. The summed E-state index contributed by atoms with van der Waals surface area (Å²) in [6.45, 7) is 1.47. The van der Waals surface area contributed by atoms with Crippen LogP contribution in [0.1, 0.15) is 5.56 Å². The molecule has 0 saturated heterocycles. The Kier molecular flexibility index (Phi) is 2.95. The van der Waals surface area contributed by atoms with Crippen LogP contribution in [0.25, 0.3) is 0 Å². The van der Waals surface area contributed by atoms with E-state index in [1.54, 1.807) is 0 Å². The van der Waals surface area contributed by atoms with Crippen molar-refractivity contribution in [3.8, 4) is 0 Å². The van der Waals surface area contributed by atoms with Gasteiger partial charge in [0.2, 0.25) is 0 Å². The van der Waals surface area contributed by atoms with E-state index in [0.717, 1.165) is 12.1 Å². The molecule has 0 aliphatic carbocycles. The van der Waals surface area contributed by atoms with Gasteiger partial charge in [-0.15, -0.1) is 0 Å². The third-order valence-electron chi connectivity index (χ3n) is 2.26. The zero-order valence-electron chi connectivity index (χ0n) is 9.34. The topological polar surface area (TPSA) is 98.2 Å². The molecule has 0 aliphatic rings. The number of nitrogens with zero attached hydrogens (tertiary/aromatic N) is 1. The second-order valence-corrected chi connectivity index (χ2v) is 5.28. The second-order valence-electron chi connectivity index (χ2n) is 3.63. The maximum atomic E-state index is 13.2. The average molecular weight is 271 g/mol. The number of halogens is 1. The van der Waals surface area contributed by atoms with Gasteiger partial charge < -0.3 is 10.3 Å². The standard InChI is InChI=1S/C10H10FN3O3S/c1-6-4-7(11)8(12)5-9(6)18(15,16)14-10-2-3-17-13-10/h2-5H,12H2,1H3,(H,13,14). The van der Waals surface area contributed by atoms with E-state index in [0.29, 0.717) is 0 Å². The minimum atomic E-state index is -3.87. The van der Waals surface area contributed by atoms with Gasteiger partial charge in [-0.05, 0) is 24.6 Å². The van der Waals surface area contributed by atoms with E-state index in [-0.39, 0.29) is 22.0 Å². The van der Waals surface area contributed by atoms with Crippen LogP contribution in [-0.2, 0) is 10.0 Å². The molecule has 0 amide bonds. The van der Waals surface area contributed by atoms with E-state index in [1.165, 1.54) is 19.3 Å². The van der Waals surface area contributed by atoms with Gasteiger partial charge >= 0.3 is 0 Å². The van der Waals surface area contributed by atoms with Crippen molar-refractivity contribution < 1.29 is 17.3 Å². The SMILES string of the molecule is Cc1cc(F)c(N)cc1S(=O)(=O)Nc1ccon1. The lowest BCUT2D eigenvalue weighted by Crippen LogP contribution is -2.15. The Hall–Kier alpha value is -2.09. The minimum Gasteiger partial charge on any atom is -0.396 e. The van der Waals surface area contributed by atoms with E-state index >= 15 is 0 Å². The van der Waals surface area contributed by atoms with Crippen LogP contribution in [0.4, 0.5) is 15.9 Å². The lowest BCUT2D eigenvalue weighted by molar-refractivity contribution is 0.423. The summed E-state index contributed by atoms with van der Waals surface area (Å²) >= 11 is 0. The maximum Gasteiger partial charge on any atom is 0.263 e. The van der Waals surface area contributed by atoms with Crippen molar-refractivity contribution in [1.82, 2.24) is 5.16 Å². The fourth-order valence-electron chi connectivity index (χ4n) is 1.42. The zero-order valence-corrected chi connectivity index (χ0v) is 10.2. The van der Waals surface area contributed by atoms with Crippen molar-refractivity contribution >= 4 is 21.5 Å². The summed E-state index contributed by atoms with van der Waals surface area (Å²) in [6, 6.07) is 3.47. The summed E-state index contributed by atoms with van der Waals surface area (Å²) in [5, 5.41) is 3.43. The Labute approximate surface area is 103 Å². The van der Waals surface area contributed by atoms with Gasteiger partial charge in [-0.25, -0.2) is 12.8 Å². The summed E-state index contributed by atoms with van der Waals surface area (Å²) < 4.78 is 43.9. The van der Waals surface area contributed by atoms with Gasteiger partial charge in [0.15, 0.2) is 5.82 Å². The number of nitrogens with two attached hydrogens (primary N) is 1. The van der Waals surface area contributed by atoms with Crippen LogP contribution >= 0.6 is 0 Å². The summed E-state index contributed by atoms with van der Waals surface area (Å²) in [5.74, 6) is -0.620. The Bertz CT molecular complexity index is 668. The normalized spacial score (nSPS) is 11.4. The highest BCUT2D eigenvalue weighted by molar-refractivity contribution is 7.92. The Morgan fingerprint density at radius 2 is 2.17 bits per heavy atom. The first-order valence-corrected chi connectivity index (χ1v) is 6.37. The molecule has 0 fully saturated rings. The largest absolute Gasteiger partial charge is 0.396 e. The van der Waals surface area contributed by atoms with Gasteiger partial charge in [-0.1, -0.05) is 5.16 Å². The van der Waals surface area contributed by atoms with Crippen molar-refractivity contribution in [3.05, 3.63) is 35.8 Å². The molecule has 0 radical (unpaired) electrons. The summed E-state index contributed by atoms with van der Waals surface area (Å²) in [4.78, 5) is -0.107. The number of aromatic nitrogens is 1. The highest BCUT2D eigenvalue weighted by Gasteiger charge is 2.19. The number of rotatable bonds is 3. The Balaban J connectivity index is 2.44. The minimum absolute atomic E-state index is 0.0392. The molecule has 1 heterocycles. The molecule has 0 spiro atoms. The van der Waals surface area contributed by atoms with Crippen LogP contribution in [-0.4, -0.2) is 13.6 Å². The molecule has 0 bridgehead atoms. The fourth-order valence-corrected chi connectivity index (χ4v) is 2.67. The molecule has 0 saturated carbocycles. The zero-order chi connectivity index (χ0) is 13.3. The lowest BCUT2D eigenvalue weighted by atomic mass is 10.2. The number of sulfonamides is 1. The quantitative estimate of drug-likeness (QED) is 0.824. The maximum absolute atomic E-state index is 13.2. The predicted octanol–water partition coefficient (Wildman–Crippen LogP) is 1.51. The van der Waals surface area contributed by atoms with Gasteiger partial charge in [-0.3, -0.25) is 4.72 Å². The van der Waals surface area contributed by atoms with E-state index in [1.807, 2.05) is 0 Å². The average Bonchev–Trinajstić information content (AvgIpc) is 2.75. The van der Waals surface area contributed by atoms with Crippen molar-refractivity contribution in [2.45, 2.75) is 11.8 Å². The summed E-state index contributed by atoms with van der Waals surface area (Å²) in [7, 11) is -3.87. The van der Waals surface area contributed by atoms with Crippen molar-refractivity contribution in [2.24, 2.45) is 0 Å². The second kappa shape index (κ2) is 4.30. The Morgan fingerprint density at radius 3 is 2.78 bits per heavy atom. The number of benzene rings is 1. The molecule has 3 N–H and O–H groups in total. The molecule has 0 aliphatic heterocycles. The first-order valence-electron chi connectivity index (χ1n) is 4.89. The third-order valence-corrected chi connectivity index (χ3v) is 3.76. The van der Waals surface area contributed by atoms with Crippen LogP contribution < -0.4 is 10.5 Å². The van der Waals surface area contributed by atoms with E-state index in [9.17, 15) is 12.8 Å². The van der Waals surface area contributed by atoms with Gasteiger partial charge in [0.05, 0.1) is 10.6 Å². The molecule has 2 aromatic rings. The third kappa shape index (κ3) is 2.28. The fraction of sp³-hybridized carbons (Fsp3) is 0.100. The molecule has 8 heteroatoms. The summed E-state index contributed by atoms with van der Waals surface area (Å²) in [6.07, 6.45) is 1.23. The molecule has 2 rings (SSSR count). The highest BCUT2D eigenvalue weighted by Crippen LogP contribution is 2.23. The lowest BCUT2D eigenvalue weighted by Gasteiger charge is -2.09. The molecule has 1 aromatic heterocycles. The number of aryl methyl sites for hydroxylation is 1. The van der Waals surface area contributed by atoms with Crippen molar-refractivity contribution in [3.63, 3.8) is 0 Å². The van der Waals surface area contributed by atoms with Gasteiger partial charge in [0.25, 0.3) is 10.0 Å². The smallest absolute Gasteiger partial charge is 0.263 e. The van der Waals surface area contributed by atoms with Crippen LogP contribution in [0.15, 0.2) is 33.9 Å². The first-order chi connectivity index (χ1) is 8.40. The van der Waals surface area contributed by atoms with Crippen LogP contribution in [0.5, 0.6) is 0 Å². The molecular weight excluding hydrogens is 261 g/mol. The first kappa shape index (κ1) is 12.4. The van der Waals surface area contributed by atoms with Crippen LogP contribution in [0.3, 0.4) is 0 Å². The van der Waals surface area contributed by atoms with E-state index in [2.05, 4.69) is 14.4 Å².